The fourth-order valence-corrected chi connectivity index (χ4v) is 2.30. The van der Waals surface area contributed by atoms with Gasteiger partial charge in [-0.15, -0.1) is 0 Å². The molecule has 1 unspecified atom stereocenters. The van der Waals surface area contributed by atoms with Crippen LogP contribution in [0.4, 0.5) is 0 Å². The summed E-state index contributed by atoms with van der Waals surface area (Å²) < 4.78 is 1.84. The van der Waals surface area contributed by atoms with Crippen LogP contribution in [0.15, 0.2) is 24.4 Å². The molecule has 0 amide bonds. The normalized spacial score (nSPS) is 12.6. The summed E-state index contributed by atoms with van der Waals surface area (Å²) in [4.78, 5) is 4.44. The van der Waals surface area contributed by atoms with Crippen LogP contribution in [0.5, 0.6) is 0 Å². The summed E-state index contributed by atoms with van der Waals surface area (Å²) in [5.41, 5.74) is 4.39. The van der Waals surface area contributed by atoms with E-state index in [9.17, 15) is 0 Å². The standard InChI is InChI=1S/C15H22N4/c1-5-7-16-15(14-6-8-19(4)18-14)13-9-11(2)17-12(3)10-13/h6,8-10,15-16H,5,7H2,1-4H3. The SMILES string of the molecule is CCCNC(c1cc(C)nc(C)c1)c1ccn(C)n1. The van der Waals surface area contributed by atoms with Gasteiger partial charge in [0.25, 0.3) is 0 Å². The molecule has 4 nitrogen and oxygen atoms in total. The molecule has 0 saturated carbocycles. The Bertz CT molecular complexity index is 525. The molecule has 0 aliphatic heterocycles. The Morgan fingerprint density at radius 2 is 1.95 bits per heavy atom. The summed E-state index contributed by atoms with van der Waals surface area (Å²) in [6, 6.07) is 6.48. The van der Waals surface area contributed by atoms with E-state index in [1.807, 2.05) is 31.8 Å². The molecule has 19 heavy (non-hydrogen) atoms. The topological polar surface area (TPSA) is 42.7 Å². The minimum atomic E-state index is 0.140. The summed E-state index contributed by atoms with van der Waals surface area (Å²) in [5.74, 6) is 0. The number of nitrogens with zero attached hydrogens (tertiary/aromatic N) is 3. The minimum Gasteiger partial charge on any atom is -0.305 e. The van der Waals surface area contributed by atoms with Crippen molar-refractivity contribution in [3.05, 3.63) is 47.0 Å². The van der Waals surface area contributed by atoms with Crippen molar-refractivity contribution in [1.29, 1.82) is 0 Å². The molecule has 4 heteroatoms. The van der Waals surface area contributed by atoms with Crippen molar-refractivity contribution in [2.75, 3.05) is 6.54 Å². The van der Waals surface area contributed by atoms with Gasteiger partial charge in [-0.2, -0.15) is 5.10 Å². The third kappa shape index (κ3) is 3.41. The first kappa shape index (κ1) is 13.7. The Hall–Kier alpha value is -1.68. The van der Waals surface area contributed by atoms with E-state index in [4.69, 9.17) is 0 Å². The van der Waals surface area contributed by atoms with E-state index in [1.165, 1.54) is 5.56 Å². The lowest BCUT2D eigenvalue weighted by atomic mass is 10.0. The average molecular weight is 258 g/mol. The minimum absolute atomic E-state index is 0.140. The number of hydrogen-bond acceptors (Lipinski definition) is 3. The summed E-state index contributed by atoms with van der Waals surface area (Å²) in [5, 5.41) is 8.10. The van der Waals surface area contributed by atoms with Crippen molar-refractivity contribution in [3.63, 3.8) is 0 Å². The number of pyridine rings is 1. The van der Waals surface area contributed by atoms with Gasteiger partial charge in [-0.25, -0.2) is 0 Å². The maximum atomic E-state index is 4.53. The molecule has 2 heterocycles. The van der Waals surface area contributed by atoms with E-state index in [-0.39, 0.29) is 6.04 Å². The molecule has 0 saturated heterocycles. The van der Waals surface area contributed by atoms with E-state index in [1.54, 1.807) is 0 Å². The molecule has 0 aliphatic carbocycles. The first-order chi connectivity index (χ1) is 9.10. The molecule has 0 aromatic carbocycles. The molecular formula is C15H22N4. The van der Waals surface area contributed by atoms with Gasteiger partial charge in [-0.3, -0.25) is 9.67 Å². The zero-order valence-corrected chi connectivity index (χ0v) is 12.1. The molecule has 2 aromatic heterocycles. The van der Waals surface area contributed by atoms with Crippen LogP contribution in [0.2, 0.25) is 0 Å². The van der Waals surface area contributed by atoms with Gasteiger partial charge in [0.2, 0.25) is 0 Å². The average Bonchev–Trinajstić information content (AvgIpc) is 2.75. The Labute approximate surface area is 114 Å². The van der Waals surface area contributed by atoms with Crippen LogP contribution in [0, 0.1) is 13.8 Å². The lowest BCUT2D eigenvalue weighted by Gasteiger charge is -2.18. The summed E-state index contributed by atoms with van der Waals surface area (Å²) in [7, 11) is 1.95. The predicted octanol–water partition coefficient (Wildman–Crippen LogP) is 2.52. The molecule has 0 bridgehead atoms. The van der Waals surface area contributed by atoms with Crippen molar-refractivity contribution in [1.82, 2.24) is 20.1 Å². The third-order valence-corrected chi connectivity index (χ3v) is 3.07. The second kappa shape index (κ2) is 5.97. The molecule has 102 valence electrons. The van der Waals surface area contributed by atoms with Crippen LogP contribution in [0.1, 0.15) is 42.0 Å². The fraction of sp³-hybridized carbons (Fsp3) is 0.467. The molecule has 0 radical (unpaired) electrons. The molecule has 1 N–H and O–H groups in total. The highest BCUT2D eigenvalue weighted by molar-refractivity contribution is 5.29. The monoisotopic (exact) mass is 258 g/mol. The van der Waals surface area contributed by atoms with E-state index < -0.39 is 0 Å². The highest BCUT2D eigenvalue weighted by Crippen LogP contribution is 2.21. The second-order valence-electron chi connectivity index (χ2n) is 4.98. The molecule has 0 fully saturated rings. The van der Waals surface area contributed by atoms with Crippen molar-refractivity contribution in [3.8, 4) is 0 Å². The van der Waals surface area contributed by atoms with Gasteiger partial charge in [0.15, 0.2) is 0 Å². The van der Waals surface area contributed by atoms with Crippen LogP contribution in [-0.2, 0) is 7.05 Å². The van der Waals surface area contributed by atoms with Crippen molar-refractivity contribution in [2.24, 2.45) is 7.05 Å². The van der Waals surface area contributed by atoms with Crippen LogP contribution in [-0.4, -0.2) is 21.3 Å². The molecule has 0 aliphatic rings. The third-order valence-electron chi connectivity index (χ3n) is 3.07. The van der Waals surface area contributed by atoms with Crippen LogP contribution >= 0.6 is 0 Å². The molecule has 2 aromatic rings. The number of rotatable bonds is 5. The van der Waals surface area contributed by atoms with Crippen molar-refractivity contribution < 1.29 is 0 Å². The first-order valence-electron chi connectivity index (χ1n) is 6.78. The number of nitrogens with one attached hydrogen (secondary N) is 1. The van der Waals surface area contributed by atoms with E-state index in [0.29, 0.717) is 0 Å². The highest BCUT2D eigenvalue weighted by Gasteiger charge is 2.16. The highest BCUT2D eigenvalue weighted by atomic mass is 15.3. The molecule has 2 rings (SSSR count). The van der Waals surface area contributed by atoms with Gasteiger partial charge in [0.05, 0.1) is 11.7 Å². The van der Waals surface area contributed by atoms with Crippen LogP contribution in [0.25, 0.3) is 0 Å². The van der Waals surface area contributed by atoms with Crippen molar-refractivity contribution in [2.45, 2.75) is 33.2 Å². The molecule has 1 atom stereocenters. The Kier molecular flexibility index (Phi) is 4.32. The molecular weight excluding hydrogens is 236 g/mol. The maximum absolute atomic E-state index is 4.53. The van der Waals surface area contributed by atoms with E-state index in [0.717, 1.165) is 30.0 Å². The largest absolute Gasteiger partial charge is 0.305 e. The van der Waals surface area contributed by atoms with Gasteiger partial charge in [0.1, 0.15) is 0 Å². The number of hydrogen-bond donors (Lipinski definition) is 1. The fourth-order valence-electron chi connectivity index (χ4n) is 2.30. The Balaban J connectivity index is 2.36. The van der Waals surface area contributed by atoms with Gasteiger partial charge in [-0.05, 0) is 50.6 Å². The predicted molar refractivity (Wildman–Crippen MR) is 77.1 cm³/mol. The maximum Gasteiger partial charge on any atom is 0.0839 e. The van der Waals surface area contributed by atoms with E-state index >= 15 is 0 Å². The van der Waals surface area contributed by atoms with Gasteiger partial charge < -0.3 is 5.32 Å². The van der Waals surface area contributed by atoms with Gasteiger partial charge in [-0.1, -0.05) is 6.92 Å². The Morgan fingerprint density at radius 3 is 2.47 bits per heavy atom. The summed E-state index contributed by atoms with van der Waals surface area (Å²) >= 11 is 0. The zero-order valence-electron chi connectivity index (χ0n) is 12.1. The van der Waals surface area contributed by atoms with Gasteiger partial charge in [0, 0.05) is 24.6 Å². The second-order valence-corrected chi connectivity index (χ2v) is 4.98. The first-order valence-corrected chi connectivity index (χ1v) is 6.78. The van der Waals surface area contributed by atoms with Gasteiger partial charge >= 0.3 is 0 Å². The van der Waals surface area contributed by atoms with E-state index in [2.05, 4.69) is 40.5 Å². The number of aromatic nitrogens is 3. The summed E-state index contributed by atoms with van der Waals surface area (Å²) in [6.07, 6.45) is 3.09. The van der Waals surface area contributed by atoms with Crippen molar-refractivity contribution >= 4 is 0 Å². The van der Waals surface area contributed by atoms with Crippen LogP contribution in [0.3, 0.4) is 0 Å². The summed E-state index contributed by atoms with van der Waals surface area (Å²) in [6.45, 7) is 7.21. The lowest BCUT2D eigenvalue weighted by molar-refractivity contribution is 0.574. The quantitative estimate of drug-likeness (QED) is 0.896. The smallest absolute Gasteiger partial charge is 0.0839 e. The number of aryl methyl sites for hydroxylation is 3. The Morgan fingerprint density at radius 1 is 1.26 bits per heavy atom. The molecule has 0 spiro atoms. The van der Waals surface area contributed by atoms with Crippen LogP contribution < -0.4 is 5.32 Å². The lowest BCUT2D eigenvalue weighted by Crippen LogP contribution is -2.24. The zero-order chi connectivity index (χ0) is 13.8.